The van der Waals surface area contributed by atoms with Crippen molar-refractivity contribution in [1.29, 1.82) is 0 Å². The summed E-state index contributed by atoms with van der Waals surface area (Å²) in [4.78, 5) is 14.7. The molecule has 0 aromatic heterocycles. The molecule has 6 heteroatoms. The molecular weight excluding hydrogens is 378 g/mol. The van der Waals surface area contributed by atoms with E-state index in [0.29, 0.717) is 23.9 Å². The van der Waals surface area contributed by atoms with Gasteiger partial charge in [0.25, 0.3) is 0 Å². The summed E-state index contributed by atoms with van der Waals surface area (Å²) >= 11 is 6.10. The number of amides is 1. The van der Waals surface area contributed by atoms with Crippen molar-refractivity contribution in [2.75, 3.05) is 26.9 Å². The highest BCUT2D eigenvalue weighted by Gasteiger charge is 2.23. The third-order valence-corrected chi connectivity index (χ3v) is 5.03. The van der Waals surface area contributed by atoms with Gasteiger partial charge in [0.2, 0.25) is 5.91 Å². The van der Waals surface area contributed by atoms with Crippen LogP contribution in [0, 0.1) is 0 Å². The van der Waals surface area contributed by atoms with E-state index in [4.69, 9.17) is 25.8 Å². The molecule has 1 fully saturated rings. The molecule has 2 aromatic carbocycles. The summed E-state index contributed by atoms with van der Waals surface area (Å²) in [5.41, 5.74) is 1.03. The van der Waals surface area contributed by atoms with Crippen molar-refractivity contribution in [1.82, 2.24) is 4.90 Å². The van der Waals surface area contributed by atoms with Gasteiger partial charge in [0, 0.05) is 19.7 Å². The van der Waals surface area contributed by atoms with Crippen LogP contribution in [0.3, 0.4) is 0 Å². The minimum atomic E-state index is 0.0328. The van der Waals surface area contributed by atoms with Gasteiger partial charge in [-0.15, -0.1) is 0 Å². The van der Waals surface area contributed by atoms with Crippen LogP contribution in [-0.4, -0.2) is 43.8 Å². The van der Waals surface area contributed by atoms with Gasteiger partial charge in [0.1, 0.15) is 11.5 Å². The van der Waals surface area contributed by atoms with E-state index in [1.807, 2.05) is 41.3 Å². The summed E-state index contributed by atoms with van der Waals surface area (Å²) in [6.07, 6.45) is 2.40. The summed E-state index contributed by atoms with van der Waals surface area (Å²) in [6.45, 7) is 2.15. The molecule has 0 radical (unpaired) electrons. The lowest BCUT2D eigenvalue weighted by Gasteiger charge is -2.26. The Morgan fingerprint density at radius 3 is 2.86 bits per heavy atom. The van der Waals surface area contributed by atoms with Crippen molar-refractivity contribution in [3.63, 3.8) is 0 Å². The van der Waals surface area contributed by atoms with Gasteiger partial charge in [-0.25, -0.2) is 0 Å². The average Bonchev–Trinajstić information content (AvgIpc) is 3.22. The molecule has 3 rings (SSSR count). The fourth-order valence-corrected chi connectivity index (χ4v) is 3.44. The first-order chi connectivity index (χ1) is 13.7. The second-order valence-electron chi connectivity index (χ2n) is 6.79. The molecule has 1 amide bonds. The molecule has 0 N–H and O–H groups in total. The predicted octanol–water partition coefficient (Wildman–Crippen LogP) is 4.33. The Kier molecular flexibility index (Phi) is 7.57. The summed E-state index contributed by atoms with van der Waals surface area (Å²) < 4.78 is 16.7. The van der Waals surface area contributed by atoms with Crippen LogP contribution in [0.4, 0.5) is 0 Å². The molecule has 1 unspecified atom stereocenters. The Balaban J connectivity index is 1.61. The fourth-order valence-electron chi connectivity index (χ4n) is 3.25. The van der Waals surface area contributed by atoms with E-state index in [-0.39, 0.29) is 25.0 Å². The second-order valence-corrected chi connectivity index (χ2v) is 7.20. The highest BCUT2D eigenvalue weighted by atomic mass is 35.5. The fraction of sp³-hybridized carbons (Fsp3) is 0.409. The number of ether oxygens (including phenoxy) is 3. The molecule has 150 valence electrons. The van der Waals surface area contributed by atoms with Gasteiger partial charge in [-0.2, -0.15) is 0 Å². The second kappa shape index (κ2) is 10.3. The van der Waals surface area contributed by atoms with Crippen LogP contribution in [0.2, 0.25) is 5.02 Å². The van der Waals surface area contributed by atoms with Crippen LogP contribution in [0.15, 0.2) is 48.5 Å². The number of benzene rings is 2. The van der Waals surface area contributed by atoms with E-state index in [0.717, 1.165) is 30.8 Å². The number of hydrogen-bond donors (Lipinski definition) is 0. The highest BCUT2D eigenvalue weighted by Crippen LogP contribution is 2.23. The molecule has 1 heterocycles. The number of rotatable bonds is 9. The van der Waals surface area contributed by atoms with Gasteiger partial charge in [0.15, 0.2) is 0 Å². The number of para-hydroxylation sites is 1. The zero-order chi connectivity index (χ0) is 19.8. The number of nitrogens with zero attached hydrogens (tertiary/aromatic N) is 1. The first kappa shape index (κ1) is 20.5. The molecule has 1 atom stereocenters. The lowest BCUT2D eigenvalue weighted by atomic mass is 10.1. The van der Waals surface area contributed by atoms with Crippen LogP contribution < -0.4 is 9.47 Å². The van der Waals surface area contributed by atoms with Gasteiger partial charge < -0.3 is 19.1 Å². The van der Waals surface area contributed by atoms with Crippen LogP contribution in [0.5, 0.6) is 11.5 Å². The highest BCUT2D eigenvalue weighted by molar-refractivity contribution is 6.32. The third kappa shape index (κ3) is 5.88. The average molecular weight is 404 g/mol. The normalized spacial score (nSPS) is 16.0. The zero-order valence-electron chi connectivity index (χ0n) is 16.1. The zero-order valence-corrected chi connectivity index (χ0v) is 16.9. The van der Waals surface area contributed by atoms with Crippen LogP contribution in [0.25, 0.3) is 0 Å². The first-order valence-corrected chi connectivity index (χ1v) is 9.93. The van der Waals surface area contributed by atoms with Crippen molar-refractivity contribution >= 4 is 17.5 Å². The molecule has 1 saturated heterocycles. The standard InChI is InChI=1S/C22H26ClNO4/c1-26-18-7-4-6-17(14-18)15-24(16-19-8-5-12-27-19)22(25)11-13-28-21-10-3-2-9-20(21)23/h2-4,6-7,9-10,14,19H,5,8,11-13,15-16H2,1H3. The quantitative estimate of drug-likeness (QED) is 0.625. The number of methoxy groups -OCH3 is 1. The lowest BCUT2D eigenvalue weighted by molar-refractivity contribution is -0.134. The Labute approximate surface area is 171 Å². The summed E-state index contributed by atoms with van der Waals surface area (Å²) in [5.74, 6) is 1.41. The summed E-state index contributed by atoms with van der Waals surface area (Å²) in [7, 11) is 1.64. The monoisotopic (exact) mass is 403 g/mol. The van der Waals surface area contributed by atoms with Crippen LogP contribution in [0.1, 0.15) is 24.8 Å². The van der Waals surface area contributed by atoms with Crippen molar-refractivity contribution in [3.8, 4) is 11.5 Å². The molecule has 1 aliphatic rings. The molecule has 0 spiro atoms. The maximum atomic E-state index is 12.9. The van der Waals surface area contributed by atoms with E-state index in [9.17, 15) is 4.79 Å². The number of halogens is 1. The smallest absolute Gasteiger partial charge is 0.226 e. The first-order valence-electron chi connectivity index (χ1n) is 9.55. The van der Waals surface area contributed by atoms with Crippen molar-refractivity contribution < 1.29 is 19.0 Å². The molecule has 0 bridgehead atoms. The van der Waals surface area contributed by atoms with E-state index in [1.54, 1.807) is 19.2 Å². The SMILES string of the molecule is COc1cccc(CN(CC2CCCO2)C(=O)CCOc2ccccc2Cl)c1. The van der Waals surface area contributed by atoms with E-state index < -0.39 is 0 Å². The molecule has 1 aliphatic heterocycles. The van der Waals surface area contributed by atoms with E-state index >= 15 is 0 Å². The van der Waals surface area contributed by atoms with Crippen molar-refractivity contribution in [2.24, 2.45) is 0 Å². The van der Waals surface area contributed by atoms with Gasteiger partial charge in [-0.05, 0) is 42.7 Å². The summed E-state index contributed by atoms with van der Waals surface area (Å²) in [6, 6.07) is 15.1. The molecule has 2 aromatic rings. The van der Waals surface area contributed by atoms with Gasteiger partial charge in [-0.1, -0.05) is 35.9 Å². The minimum absolute atomic E-state index is 0.0328. The van der Waals surface area contributed by atoms with E-state index in [2.05, 4.69) is 0 Å². The number of carbonyl (C=O) groups excluding carboxylic acids is 1. The number of hydrogen-bond acceptors (Lipinski definition) is 4. The van der Waals surface area contributed by atoms with E-state index in [1.165, 1.54) is 0 Å². The van der Waals surface area contributed by atoms with Crippen molar-refractivity contribution in [3.05, 3.63) is 59.1 Å². The maximum Gasteiger partial charge on any atom is 0.226 e. The topological polar surface area (TPSA) is 48.0 Å². The molecular formula is C22H26ClNO4. The Morgan fingerprint density at radius 2 is 2.11 bits per heavy atom. The molecule has 28 heavy (non-hydrogen) atoms. The van der Waals surface area contributed by atoms with Crippen molar-refractivity contribution in [2.45, 2.75) is 31.9 Å². The van der Waals surface area contributed by atoms with Gasteiger partial charge in [-0.3, -0.25) is 4.79 Å². The minimum Gasteiger partial charge on any atom is -0.497 e. The maximum absolute atomic E-state index is 12.9. The van der Waals surface area contributed by atoms with Gasteiger partial charge >= 0.3 is 0 Å². The Morgan fingerprint density at radius 1 is 1.25 bits per heavy atom. The number of carbonyl (C=O) groups is 1. The van der Waals surface area contributed by atoms with Gasteiger partial charge in [0.05, 0.1) is 31.3 Å². The third-order valence-electron chi connectivity index (χ3n) is 4.72. The molecule has 0 aliphatic carbocycles. The Bertz CT molecular complexity index is 777. The Hall–Kier alpha value is -2.24. The molecule has 0 saturated carbocycles. The summed E-state index contributed by atoms with van der Waals surface area (Å²) in [5, 5.41) is 0.544. The predicted molar refractivity (Wildman–Crippen MR) is 109 cm³/mol. The largest absolute Gasteiger partial charge is 0.497 e. The molecule has 5 nitrogen and oxygen atoms in total. The van der Waals surface area contributed by atoms with Crippen LogP contribution >= 0.6 is 11.6 Å². The lowest BCUT2D eigenvalue weighted by Crippen LogP contribution is -2.37. The van der Waals surface area contributed by atoms with Crippen LogP contribution in [-0.2, 0) is 16.1 Å².